The molecule has 0 aliphatic rings. The third-order valence-electron chi connectivity index (χ3n) is 4.01. The average molecular weight is 386 g/mol. The SMILES string of the molecule is Cc1cc(C)c2sc(N(CCN(C)C)C(=O)/C=C/c3cccs3)nc2c1. The molecule has 6 heteroatoms. The number of thiophene rings is 1. The molecule has 1 amide bonds. The minimum absolute atomic E-state index is 0.0336. The van der Waals surface area contributed by atoms with Gasteiger partial charge in [-0.2, -0.15) is 0 Å². The maximum atomic E-state index is 12.9. The highest BCUT2D eigenvalue weighted by Gasteiger charge is 2.19. The Morgan fingerprint density at radius 1 is 1.23 bits per heavy atom. The number of fused-ring (bicyclic) bond motifs is 1. The summed E-state index contributed by atoms with van der Waals surface area (Å²) in [6.45, 7) is 5.56. The van der Waals surface area contributed by atoms with Gasteiger partial charge in [-0.25, -0.2) is 4.98 Å². The van der Waals surface area contributed by atoms with E-state index in [4.69, 9.17) is 4.98 Å². The first-order chi connectivity index (χ1) is 12.4. The Morgan fingerprint density at radius 2 is 2.04 bits per heavy atom. The van der Waals surface area contributed by atoms with Crippen molar-refractivity contribution in [2.45, 2.75) is 13.8 Å². The number of thiazole rings is 1. The third kappa shape index (κ3) is 4.38. The van der Waals surface area contributed by atoms with Gasteiger partial charge in [0.2, 0.25) is 0 Å². The summed E-state index contributed by atoms with van der Waals surface area (Å²) in [5.74, 6) is -0.0336. The topological polar surface area (TPSA) is 36.4 Å². The van der Waals surface area contributed by atoms with Crippen molar-refractivity contribution in [2.24, 2.45) is 0 Å². The number of aromatic nitrogens is 1. The first-order valence-electron chi connectivity index (χ1n) is 8.49. The van der Waals surface area contributed by atoms with Crippen molar-refractivity contribution in [1.82, 2.24) is 9.88 Å². The fourth-order valence-corrected chi connectivity index (χ4v) is 4.38. The largest absolute Gasteiger partial charge is 0.308 e. The van der Waals surface area contributed by atoms with Crippen molar-refractivity contribution in [3.05, 3.63) is 51.7 Å². The summed E-state index contributed by atoms with van der Waals surface area (Å²) < 4.78 is 1.15. The molecule has 0 N–H and O–H groups in total. The number of nitrogens with zero attached hydrogens (tertiary/aromatic N) is 3. The summed E-state index contributed by atoms with van der Waals surface area (Å²) in [7, 11) is 4.02. The van der Waals surface area contributed by atoms with Gasteiger partial charge in [-0.15, -0.1) is 11.3 Å². The van der Waals surface area contributed by atoms with Crippen LogP contribution in [0.2, 0.25) is 0 Å². The molecule has 1 aromatic carbocycles. The molecule has 0 saturated heterocycles. The number of anilines is 1. The number of benzene rings is 1. The van der Waals surface area contributed by atoms with Crippen LogP contribution in [-0.2, 0) is 4.79 Å². The second-order valence-electron chi connectivity index (χ2n) is 6.57. The summed E-state index contributed by atoms with van der Waals surface area (Å²) in [5, 5.41) is 2.77. The molecule has 136 valence electrons. The van der Waals surface area contributed by atoms with E-state index < -0.39 is 0 Å². The van der Waals surface area contributed by atoms with Crippen LogP contribution in [0.15, 0.2) is 35.7 Å². The predicted octanol–water partition coefficient (Wildman–Crippen LogP) is 4.58. The molecule has 0 spiro atoms. The van der Waals surface area contributed by atoms with Crippen LogP contribution in [0.4, 0.5) is 5.13 Å². The molecular weight excluding hydrogens is 362 g/mol. The van der Waals surface area contributed by atoms with Crippen LogP contribution in [0.1, 0.15) is 16.0 Å². The molecular formula is C20H23N3OS2. The monoisotopic (exact) mass is 385 g/mol. The predicted molar refractivity (Wildman–Crippen MR) is 113 cm³/mol. The number of aryl methyl sites for hydroxylation is 2. The number of hydrogen-bond donors (Lipinski definition) is 0. The van der Waals surface area contributed by atoms with Gasteiger partial charge in [0.25, 0.3) is 5.91 Å². The number of rotatable bonds is 6. The van der Waals surface area contributed by atoms with E-state index in [2.05, 4.69) is 30.9 Å². The van der Waals surface area contributed by atoms with E-state index in [0.717, 1.165) is 26.8 Å². The van der Waals surface area contributed by atoms with Crippen molar-refractivity contribution in [3.8, 4) is 0 Å². The minimum Gasteiger partial charge on any atom is -0.308 e. The lowest BCUT2D eigenvalue weighted by atomic mass is 10.1. The zero-order chi connectivity index (χ0) is 18.7. The minimum atomic E-state index is -0.0336. The van der Waals surface area contributed by atoms with Gasteiger partial charge in [0.1, 0.15) is 0 Å². The Kier molecular flexibility index (Phi) is 5.86. The molecule has 2 heterocycles. The highest BCUT2D eigenvalue weighted by Crippen LogP contribution is 2.32. The summed E-state index contributed by atoms with van der Waals surface area (Å²) in [4.78, 5) is 22.6. The lowest BCUT2D eigenvalue weighted by Crippen LogP contribution is -2.35. The molecule has 0 radical (unpaired) electrons. The molecule has 3 rings (SSSR count). The summed E-state index contributed by atoms with van der Waals surface area (Å²) in [6.07, 6.45) is 3.52. The zero-order valence-corrected chi connectivity index (χ0v) is 17.2. The van der Waals surface area contributed by atoms with E-state index in [1.54, 1.807) is 33.6 Å². The Labute approximate surface area is 162 Å². The standard InChI is InChI=1S/C20H23N3OS2/c1-14-12-15(2)19-17(13-14)21-20(26-19)23(10-9-22(3)4)18(24)8-7-16-6-5-11-25-16/h5-8,11-13H,9-10H2,1-4H3/b8-7+. The van der Waals surface area contributed by atoms with Crippen LogP contribution < -0.4 is 4.90 Å². The van der Waals surface area contributed by atoms with Crippen molar-refractivity contribution in [2.75, 3.05) is 32.1 Å². The van der Waals surface area contributed by atoms with Crippen LogP contribution in [0.3, 0.4) is 0 Å². The molecule has 0 fully saturated rings. The van der Waals surface area contributed by atoms with Gasteiger partial charge in [0, 0.05) is 24.0 Å². The molecule has 0 saturated carbocycles. The van der Waals surface area contributed by atoms with Crippen LogP contribution in [0.5, 0.6) is 0 Å². The molecule has 26 heavy (non-hydrogen) atoms. The van der Waals surface area contributed by atoms with Crippen LogP contribution in [0.25, 0.3) is 16.3 Å². The number of likely N-dealkylation sites (N-methyl/N-ethyl adjacent to an activating group) is 1. The van der Waals surface area contributed by atoms with Gasteiger partial charge in [0.05, 0.1) is 10.2 Å². The lowest BCUT2D eigenvalue weighted by Gasteiger charge is -2.20. The van der Waals surface area contributed by atoms with Crippen LogP contribution in [0, 0.1) is 13.8 Å². The Hall–Kier alpha value is -2.02. The summed E-state index contributed by atoms with van der Waals surface area (Å²) in [5.41, 5.74) is 3.36. The normalized spacial score (nSPS) is 11.7. The number of carbonyl (C=O) groups is 1. The van der Waals surface area contributed by atoms with E-state index in [9.17, 15) is 4.79 Å². The van der Waals surface area contributed by atoms with Gasteiger partial charge in [-0.3, -0.25) is 9.69 Å². The fourth-order valence-electron chi connectivity index (χ4n) is 2.71. The molecule has 2 aromatic heterocycles. The Balaban J connectivity index is 1.92. The highest BCUT2D eigenvalue weighted by atomic mass is 32.1. The number of carbonyl (C=O) groups excluding carboxylic acids is 1. The second kappa shape index (κ2) is 8.12. The third-order valence-corrected chi connectivity index (χ3v) is 6.08. The van der Waals surface area contributed by atoms with Gasteiger partial charge in [-0.1, -0.05) is 23.5 Å². The van der Waals surface area contributed by atoms with E-state index in [0.29, 0.717) is 6.54 Å². The Morgan fingerprint density at radius 3 is 2.73 bits per heavy atom. The molecule has 0 aliphatic heterocycles. The number of amides is 1. The zero-order valence-electron chi connectivity index (χ0n) is 15.5. The molecule has 4 nitrogen and oxygen atoms in total. The van der Waals surface area contributed by atoms with E-state index in [1.807, 2.05) is 37.7 Å². The first-order valence-corrected chi connectivity index (χ1v) is 10.2. The highest BCUT2D eigenvalue weighted by molar-refractivity contribution is 7.22. The van der Waals surface area contributed by atoms with Gasteiger partial charge in [-0.05, 0) is 62.7 Å². The number of hydrogen-bond acceptors (Lipinski definition) is 5. The van der Waals surface area contributed by atoms with Crippen molar-refractivity contribution < 1.29 is 4.79 Å². The van der Waals surface area contributed by atoms with Crippen LogP contribution >= 0.6 is 22.7 Å². The maximum Gasteiger partial charge on any atom is 0.252 e. The van der Waals surface area contributed by atoms with E-state index in [-0.39, 0.29) is 5.91 Å². The van der Waals surface area contributed by atoms with Crippen LogP contribution in [-0.4, -0.2) is 43.0 Å². The quantitative estimate of drug-likeness (QED) is 0.583. The van der Waals surface area contributed by atoms with E-state index >= 15 is 0 Å². The average Bonchev–Trinajstić information content (AvgIpc) is 3.22. The summed E-state index contributed by atoms with van der Waals surface area (Å²) in [6, 6.07) is 8.23. The van der Waals surface area contributed by atoms with E-state index in [1.165, 1.54) is 11.1 Å². The second-order valence-corrected chi connectivity index (χ2v) is 8.53. The van der Waals surface area contributed by atoms with Gasteiger partial charge < -0.3 is 4.90 Å². The molecule has 3 aromatic rings. The first kappa shape index (κ1) is 18.8. The van der Waals surface area contributed by atoms with Crippen molar-refractivity contribution >= 4 is 50.0 Å². The van der Waals surface area contributed by atoms with Crippen molar-refractivity contribution in [3.63, 3.8) is 0 Å². The van der Waals surface area contributed by atoms with Gasteiger partial charge >= 0.3 is 0 Å². The lowest BCUT2D eigenvalue weighted by molar-refractivity contribution is -0.114. The maximum absolute atomic E-state index is 12.9. The fraction of sp³-hybridized carbons (Fsp3) is 0.300. The smallest absolute Gasteiger partial charge is 0.252 e. The van der Waals surface area contributed by atoms with Gasteiger partial charge in [0.15, 0.2) is 5.13 Å². The molecule has 0 unspecified atom stereocenters. The Bertz CT molecular complexity index is 926. The summed E-state index contributed by atoms with van der Waals surface area (Å²) >= 11 is 3.21. The molecule has 0 bridgehead atoms. The molecule has 0 aliphatic carbocycles. The van der Waals surface area contributed by atoms with Crippen molar-refractivity contribution in [1.29, 1.82) is 0 Å². The molecule has 0 atom stereocenters.